The molecule has 2 atom stereocenters. The van der Waals surface area contributed by atoms with Gasteiger partial charge >= 0.3 is 6.03 Å². The molecule has 3 fully saturated rings. The van der Waals surface area contributed by atoms with E-state index in [-0.39, 0.29) is 49.3 Å². The van der Waals surface area contributed by atoms with E-state index in [1.54, 1.807) is 0 Å². The summed E-state index contributed by atoms with van der Waals surface area (Å²) in [6.07, 6.45) is 6.59. The van der Waals surface area contributed by atoms with Crippen LogP contribution < -0.4 is 16.4 Å². The lowest BCUT2D eigenvalue weighted by atomic mass is 9.98. The average molecular weight is 359 g/mol. The van der Waals surface area contributed by atoms with Gasteiger partial charge < -0.3 is 16.4 Å². The normalized spacial score (nSPS) is 28.1. The maximum Gasteiger partial charge on any atom is 0.325 e. The highest BCUT2D eigenvalue weighted by Gasteiger charge is 2.52. The maximum absolute atomic E-state index is 12.5. The Morgan fingerprint density at radius 1 is 1.25 bits per heavy atom. The first-order valence-corrected chi connectivity index (χ1v) is 8.69. The number of nitrogens with two attached hydrogens (primary N) is 1. The third-order valence-electron chi connectivity index (χ3n) is 5.57. The number of urea groups is 1. The topological polar surface area (TPSA) is 105 Å². The molecular weight excluding hydrogens is 332 g/mol. The van der Waals surface area contributed by atoms with E-state index < -0.39 is 5.54 Å². The van der Waals surface area contributed by atoms with Crippen LogP contribution in [0.2, 0.25) is 0 Å². The van der Waals surface area contributed by atoms with Crippen molar-refractivity contribution in [1.29, 1.82) is 0 Å². The lowest BCUT2D eigenvalue weighted by Gasteiger charge is -2.21. The van der Waals surface area contributed by atoms with Gasteiger partial charge in [0.1, 0.15) is 5.54 Å². The van der Waals surface area contributed by atoms with Gasteiger partial charge in [-0.05, 0) is 38.1 Å². The molecule has 1 spiro atoms. The minimum absolute atomic E-state index is 0. The van der Waals surface area contributed by atoms with Gasteiger partial charge in [0.15, 0.2) is 0 Å². The third kappa shape index (κ3) is 3.52. The van der Waals surface area contributed by atoms with E-state index in [1.165, 1.54) is 4.90 Å². The Kier molecular flexibility index (Phi) is 6.09. The van der Waals surface area contributed by atoms with Crippen molar-refractivity contribution in [2.24, 2.45) is 11.7 Å². The first-order chi connectivity index (χ1) is 11.1. The molecule has 0 aromatic rings. The van der Waals surface area contributed by atoms with E-state index in [4.69, 9.17) is 5.73 Å². The number of carbonyl (C=O) groups is 3. The fourth-order valence-electron chi connectivity index (χ4n) is 4.20. The monoisotopic (exact) mass is 358 g/mol. The number of imide groups is 1. The van der Waals surface area contributed by atoms with Crippen LogP contribution in [-0.4, -0.2) is 47.4 Å². The van der Waals surface area contributed by atoms with Crippen molar-refractivity contribution in [3.05, 3.63) is 0 Å². The maximum atomic E-state index is 12.5. The highest BCUT2D eigenvalue weighted by molar-refractivity contribution is 6.07. The molecule has 4 amide bonds. The summed E-state index contributed by atoms with van der Waals surface area (Å²) in [6, 6.07) is -0.220. The first kappa shape index (κ1) is 19.0. The minimum atomic E-state index is -0.691. The quantitative estimate of drug-likeness (QED) is 0.635. The Bertz CT molecular complexity index is 508. The van der Waals surface area contributed by atoms with Gasteiger partial charge in [0, 0.05) is 19.0 Å². The number of nitrogens with one attached hydrogen (secondary N) is 2. The summed E-state index contributed by atoms with van der Waals surface area (Å²) in [7, 11) is 0. The zero-order chi connectivity index (χ0) is 16.4. The van der Waals surface area contributed by atoms with E-state index in [9.17, 15) is 14.4 Å². The number of hydrogen-bond donors (Lipinski definition) is 3. The van der Waals surface area contributed by atoms with Crippen molar-refractivity contribution < 1.29 is 14.4 Å². The second-order valence-electron chi connectivity index (χ2n) is 7.03. The highest BCUT2D eigenvalue weighted by atomic mass is 35.5. The molecule has 0 radical (unpaired) electrons. The Labute approximate surface area is 148 Å². The molecule has 1 heterocycles. The Morgan fingerprint density at radius 3 is 2.62 bits per heavy atom. The van der Waals surface area contributed by atoms with E-state index in [1.807, 2.05) is 0 Å². The zero-order valence-corrected chi connectivity index (χ0v) is 14.7. The standard InChI is InChI=1S/C16H26N4O3.ClH/c17-10-11-4-3-5-12(11)18-13(21)6-9-20-14(22)16(19-15(20)23)7-1-2-8-16;/h11-12H,1-10,17H2,(H,18,21)(H,19,23);1H. The van der Waals surface area contributed by atoms with Crippen LogP contribution in [0, 0.1) is 5.92 Å². The molecule has 2 unspecified atom stereocenters. The average Bonchev–Trinajstić information content (AvgIpc) is 3.21. The van der Waals surface area contributed by atoms with E-state index >= 15 is 0 Å². The van der Waals surface area contributed by atoms with Gasteiger partial charge in [-0.25, -0.2) is 4.79 Å². The third-order valence-corrected chi connectivity index (χ3v) is 5.57. The summed E-state index contributed by atoms with van der Waals surface area (Å²) in [5, 5.41) is 5.84. The second kappa shape index (κ2) is 7.70. The fraction of sp³-hybridized carbons (Fsp3) is 0.812. The molecule has 2 aliphatic carbocycles. The predicted molar refractivity (Wildman–Crippen MR) is 91.6 cm³/mol. The van der Waals surface area contributed by atoms with E-state index in [0.29, 0.717) is 25.3 Å². The Balaban J connectivity index is 0.00000208. The molecule has 24 heavy (non-hydrogen) atoms. The van der Waals surface area contributed by atoms with Crippen molar-refractivity contribution in [2.75, 3.05) is 13.1 Å². The van der Waals surface area contributed by atoms with Gasteiger partial charge in [-0.15, -0.1) is 12.4 Å². The van der Waals surface area contributed by atoms with Crippen LogP contribution in [0.5, 0.6) is 0 Å². The molecule has 1 saturated heterocycles. The Hall–Kier alpha value is -1.34. The van der Waals surface area contributed by atoms with Gasteiger partial charge in [-0.1, -0.05) is 19.3 Å². The van der Waals surface area contributed by atoms with Crippen LogP contribution in [0.15, 0.2) is 0 Å². The number of halogens is 1. The van der Waals surface area contributed by atoms with Gasteiger partial charge in [0.25, 0.3) is 5.91 Å². The molecule has 4 N–H and O–H groups in total. The summed E-state index contributed by atoms with van der Waals surface area (Å²) in [5.41, 5.74) is 5.03. The number of amides is 4. The zero-order valence-electron chi connectivity index (χ0n) is 13.9. The lowest BCUT2D eigenvalue weighted by Crippen LogP contribution is -2.44. The van der Waals surface area contributed by atoms with E-state index in [0.717, 1.165) is 32.1 Å². The molecule has 0 bridgehead atoms. The summed E-state index contributed by atoms with van der Waals surface area (Å²) < 4.78 is 0. The minimum Gasteiger partial charge on any atom is -0.353 e. The largest absolute Gasteiger partial charge is 0.353 e. The van der Waals surface area contributed by atoms with Crippen molar-refractivity contribution in [1.82, 2.24) is 15.5 Å². The van der Waals surface area contributed by atoms with Crippen LogP contribution in [0.25, 0.3) is 0 Å². The van der Waals surface area contributed by atoms with Crippen LogP contribution in [0.4, 0.5) is 4.79 Å². The molecule has 2 saturated carbocycles. The smallest absolute Gasteiger partial charge is 0.325 e. The van der Waals surface area contributed by atoms with Crippen LogP contribution in [-0.2, 0) is 9.59 Å². The molecule has 0 aromatic heterocycles. The van der Waals surface area contributed by atoms with Gasteiger partial charge in [0.2, 0.25) is 5.91 Å². The molecule has 1 aliphatic heterocycles. The van der Waals surface area contributed by atoms with Crippen molar-refractivity contribution in [3.8, 4) is 0 Å². The summed E-state index contributed by atoms with van der Waals surface area (Å²) >= 11 is 0. The van der Waals surface area contributed by atoms with Crippen molar-refractivity contribution >= 4 is 30.3 Å². The summed E-state index contributed by atoms with van der Waals surface area (Å²) in [4.78, 5) is 37.9. The number of hydrogen-bond acceptors (Lipinski definition) is 4. The number of rotatable bonds is 5. The number of nitrogens with zero attached hydrogens (tertiary/aromatic N) is 1. The second-order valence-corrected chi connectivity index (χ2v) is 7.03. The fourth-order valence-corrected chi connectivity index (χ4v) is 4.20. The van der Waals surface area contributed by atoms with Crippen LogP contribution in [0.3, 0.4) is 0 Å². The lowest BCUT2D eigenvalue weighted by molar-refractivity contribution is -0.131. The van der Waals surface area contributed by atoms with Gasteiger partial charge in [-0.3, -0.25) is 14.5 Å². The van der Waals surface area contributed by atoms with Gasteiger partial charge in [0.05, 0.1) is 0 Å². The molecule has 3 rings (SSSR count). The summed E-state index contributed by atoms with van der Waals surface area (Å²) in [5.74, 6) is 0.0780. The summed E-state index contributed by atoms with van der Waals surface area (Å²) in [6.45, 7) is 0.735. The molecule has 0 aromatic carbocycles. The van der Waals surface area contributed by atoms with Crippen molar-refractivity contribution in [3.63, 3.8) is 0 Å². The van der Waals surface area contributed by atoms with Crippen LogP contribution >= 0.6 is 12.4 Å². The van der Waals surface area contributed by atoms with Crippen molar-refractivity contribution in [2.45, 2.75) is 62.9 Å². The highest BCUT2D eigenvalue weighted by Crippen LogP contribution is 2.35. The predicted octanol–water partition coefficient (Wildman–Crippen LogP) is 0.907. The molecule has 7 nitrogen and oxygen atoms in total. The Morgan fingerprint density at radius 2 is 1.96 bits per heavy atom. The molecular formula is C16H27ClN4O3. The van der Waals surface area contributed by atoms with Gasteiger partial charge in [-0.2, -0.15) is 0 Å². The molecule has 136 valence electrons. The molecule has 3 aliphatic rings. The SMILES string of the molecule is Cl.NCC1CCCC1NC(=O)CCN1C(=O)NC2(CCCC2)C1=O. The molecule has 8 heteroatoms. The number of carbonyl (C=O) groups excluding carboxylic acids is 3. The first-order valence-electron chi connectivity index (χ1n) is 8.69. The van der Waals surface area contributed by atoms with E-state index in [2.05, 4.69) is 10.6 Å². The van der Waals surface area contributed by atoms with Crippen LogP contribution in [0.1, 0.15) is 51.4 Å².